The first-order valence-electron chi connectivity index (χ1n) is 10.2. The number of fused-ring (bicyclic) bond motifs is 1. The number of benzene rings is 2. The van der Waals surface area contributed by atoms with Crippen molar-refractivity contribution in [2.45, 2.75) is 64.5 Å². The molecule has 1 unspecified atom stereocenters. The fraction of sp³-hybridized carbons (Fsp3) is 0.478. The maximum atomic E-state index is 12.0. The van der Waals surface area contributed by atoms with Gasteiger partial charge in [-0.2, -0.15) is 0 Å². The van der Waals surface area contributed by atoms with Crippen LogP contribution >= 0.6 is 0 Å². The lowest BCUT2D eigenvalue weighted by atomic mass is 9.93. The number of hydrogen-bond donors (Lipinski definition) is 3. The number of carbonyl (C=O) groups excluding carboxylic acids is 2. The Balaban J connectivity index is 2.13. The van der Waals surface area contributed by atoms with Crippen molar-refractivity contribution in [3.05, 3.63) is 47.5 Å². The van der Waals surface area contributed by atoms with Crippen molar-refractivity contribution in [2.24, 2.45) is 11.5 Å². The highest BCUT2D eigenvalue weighted by Gasteiger charge is 2.22. The summed E-state index contributed by atoms with van der Waals surface area (Å²) in [7, 11) is 0. The van der Waals surface area contributed by atoms with E-state index in [1.165, 1.54) is 16.3 Å². The number of nitrogens with one attached hydrogen (secondary N) is 1. The number of aryl methyl sites for hydroxylation is 2. The molecule has 0 bridgehead atoms. The zero-order valence-corrected chi connectivity index (χ0v) is 17.7. The highest BCUT2D eigenvalue weighted by atomic mass is 16.6. The number of alkyl carbamates (subject to hydrolysis) is 1. The summed E-state index contributed by atoms with van der Waals surface area (Å²) in [6.07, 6.45) is 3.44. The zero-order chi connectivity index (χ0) is 21.4. The smallest absolute Gasteiger partial charge is 0.408 e. The summed E-state index contributed by atoms with van der Waals surface area (Å²) in [5.41, 5.74) is 12.9. The normalized spacial score (nSPS) is 12.6. The van der Waals surface area contributed by atoms with Crippen LogP contribution in [0.15, 0.2) is 36.4 Å². The highest BCUT2D eigenvalue weighted by molar-refractivity contribution is 5.89. The summed E-state index contributed by atoms with van der Waals surface area (Å²) in [6.45, 7) is 6.02. The lowest BCUT2D eigenvalue weighted by molar-refractivity contribution is -0.120. The van der Waals surface area contributed by atoms with Gasteiger partial charge in [0.2, 0.25) is 5.91 Å². The van der Waals surface area contributed by atoms with Crippen molar-refractivity contribution in [2.75, 3.05) is 6.54 Å². The van der Waals surface area contributed by atoms with Gasteiger partial charge in [0.1, 0.15) is 11.6 Å². The number of carbonyl (C=O) groups is 2. The van der Waals surface area contributed by atoms with Gasteiger partial charge in [-0.1, -0.05) is 36.4 Å². The molecule has 2 aromatic rings. The van der Waals surface area contributed by atoms with Crippen molar-refractivity contribution in [1.82, 2.24) is 5.32 Å². The van der Waals surface area contributed by atoms with Crippen LogP contribution in [0.1, 0.15) is 51.2 Å². The Bertz CT molecular complexity index is 843. The van der Waals surface area contributed by atoms with Gasteiger partial charge < -0.3 is 21.5 Å². The van der Waals surface area contributed by atoms with Gasteiger partial charge >= 0.3 is 6.09 Å². The molecule has 0 aliphatic carbocycles. The molecule has 0 radical (unpaired) electrons. The first kappa shape index (κ1) is 22.7. The molecule has 0 aliphatic rings. The van der Waals surface area contributed by atoms with Crippen LogP contribution in [-0.4, -0.2) is 30.2 Å². The second kappa shape index (κ2) is 10.3. The molecule has 1 atom stereocenters. The molecule has 6 nitrogen and oxygen atoms in total. The topological polar surface area (TPSA) is 107 Å². The summed E-state index contributed by atoms with van der Waals surface area (Å²) in [6, 6.07) is 11.7. The Morgan fingerprint density at radius 1 is 1.00 bits per heavy atom. The average molecular weight is 400 g/mol. The third-order valence-electron chi connectivity index (χ3n) is 4.74. The third-order valence-corrected chi connectivity index (χ3v) is 4.74. The quantitative estimate of drug-likeness (QED) is 0.561. The van der Waals surface area contributed by atoms with Crippen molar-refractivity contribution in [3.8, 4) is 0 Å². The molecule has 2 aromatic carbocycles. The van der Waals surface area contributed by atoms with Gasteiger partial charge in [0.05, 0.1) is 0 Å². The number of hydrogen-bond acceptors (Lipinski definition) is 4. The van der Waals surface area contributed by atoms with Crippen LogP contribution in [0.5, 0.6) is 0 Å². The Labute approximate surface area is 173 Å². The van der Waals surface area contributed by atoms with Gasteiger partial charge in [-0.05, 0) is 81.3 Å². The Morgan fingerprint density at radius 2 is 1.59 bits per heavy atom. The minimum atomic E-state index is -0.784. The number of ether oxygens (including phenoxy) is 1. The summed E-state index contributed by atoms with van der Waals surface area (Å²) < 4.78 is 5.24. The molecule has 0 aliphatic heterocycles. The molecule has 29 heavy (non-hydrogen) atoms. The molecule has 2 amide bonds. The Morgan fingerprint density at radius 3 is 2.10 bits per heavy atom. The van der Waals surface area contributed by atoms with E-state index in [9.17, 15) is 9.59 Å². The summed E-state index contributed by atoms with van der Waals surface area (Å²) in [5.74, 6) is -0.571. The average Bonchev–Trinajstić information content (AvgIpc) is 2.64. The van der Waals surface area contributed by atoms with E-state index in [1.807, 2.05) is 12.1 Å². The maximum Gasteiger partial charge on any atom is 0.408 e. The maximum absolute atomic E-state index is 12.0. The van der Waals surface area contributed by atoms with Crippen LogP contribution in [0.25, 0.3) is 10.8 Å². The number of nitrogens with two attached hydrogens (primary N) is 2. The summed E-state index contributed by atoms with van der Waals surface area (Å²) in [4.78, 5) is 23.8. The SMILES string of the molecule is CC(C)(C)OC(=O)NC(CCc1ccc(CCCCN)c2ccccc12)C(N)=O. The molecule has 0 saturated heterocycles. The molecule has 2 rings (SSSR count). The lowest BCUT2D eigenvalue weighted by Crippen LogP contribution is -2.46. The summed E-state index contributed by atoms with van der Waals surface area (Å²) in [5, 5.41) is 4.97. The molecule has 158 valence electrons. The third kappa shape index (κ3) is 7.06. The fourth-order valence-corrected chi connectivity index (χ4v) is 3.35. The zero-order valence-electron chi connectivity index (χ0n) is 17.7. The molecule has 0 aromatic heterocycles. The fourth-order valence-electron chi connectivity index (χ4n) is 3.35. The molecule has 0 fully saturated rings. The monoisotopic (exact) mass is 399 g/mol. The molecule has 0 saturated carbocycles. The number of primary amides is 1. The van der Waals surface area contributed by atoms with Gasteiger partial charge in [0.15, 0.2) is 0 Å². The Kier molecular flexibility index (Phi) is 8.02. The molecular weight excluding hydrogens is 366 g/mol. The van der Waals surface area contributed by atoms with Crippen LogP contribution in [-0.2, 0) is 22.4 Å². The summed E-state index contributed by atoms with van der Waals surface area (Å²) >= 11 is 0. The minimum Gasteiger partial charge on any atom is -0.444 e. The van der Waals surface area contributed by atoms with E-state index >= 15 is 0 Å². The van der Waals surface area contributed by atoms with Crippen LogP contribution in [0.2, 0.25) is 0 Å². The molecular formula is C23H33N3O3. The molecule has 0 spiro atoms. The van der Waals surface area contributed by atoms with Crippen LogP contribution in [0.3, 0.4) is 0 Å². The van der Waals surface area contributed by atoms with Crippen molar-refractivity contribution >= 4 is 22.8 Å². The van der Waals surface area contributed by atoms with Crippen LogP contribution in [0.4, 0.5) is 4.79 Å². The van der Waals surface area contributed by atoms with E-state index in [-0.39, 0.29) is 0 Å². The standard InChI is InChI=1S/C23H33N3O3/c1-23(2,3)29-22(28)26-20(21(25)27)14-13-17-12-11-16(8-6-7-15-24)18-9-4-5-10-19(17)18/h4-5,9-12,20H,6-8,13-15,24H2,1-3H3,(H2,25,27)(H,26,28). The van der Waals surface area contributed by atoms with E-state index in [1.54, 1.807) is 20.8 Å². The number of amides is 2. The van der Waals surface area contributed by atoms with Crippen LogP contribution < -0.4 is 16.8 Å². The molecule has 6 heteroatoms. The van der Waals surface area contributed by atoms with E-state index in [0.29, 0.717) is 19.4 Å². The van der Waals surface area contributed by atoms with Gasteiger partial charge in [0.25, 0.3) is 0 Å². The number of unbranched alkanes of at least 4 members (excludes halogenated alkanes) is 1. The first-order chi connectivity index (χ1) is 13.7. The van der Waals surface area contributed by atoms with Gasteiger partial charge in [0, 0.05) is 0 Å². The largest absolute Gasteiger partial charge is 0.444 e. The van der Waals surface area contributed by atoms with E-state index in [4.69, 9.17) is 16.2 Å². The lowest BCUT2D eigenvalue weighted by Gasteiger charge is -2.22. The van der Waals surface area contributed by atoms with E-state index in [0.717, 1.165) is 24.8 Å². The highest BCUT2D eigenvalue weighted by Crippen LogP contribution is 2.25. The van der Waals surface area contributed by atoms with Gasteiger partial charge in [-0.25, -0.2) is 4.79 Å². The Hall–Kier alpha value is -2.60. The van der Waals surface area contributed by atoms with Gasteiger partial charge in [-0.3, -0.25) is 4.79 Å². The van der Waals surface area contributed by atoms with Crippen molar-refractivity contribution in [3.63, 3.8) is 0 Å². The second-order valence-electron chi connectivity index (χ2n) is 8.32. The minimum absolute atomic E-state index is 0.408. The first-order valence-corrected chi connectivity index (χ1v) is 10.2. The number of rotatable bonds is 9. The predicted octanol–water partition coefficient (Wildman–Crippen LogP) is 3.43. The second-order valence-corrected chi connectivity index (χ2v) is 8.32. The molecule has 0 heterocycles. The van der Waals surface area contributed by atoms with Crippen molar-refractivity contribution in [1.29, 1.82) is 0 Å². The predicted molar refractivity (Wildman–Crippen MR) is 117 cm³/mol. The molecule has 5 N–H and O–H groups in total. The van der Waals surface area contributed by atoms with E-state index < -0.39 is 23.6 Å². The van der Waals surface area contributed by atoms with E-state index in [2.05, 4.69) is 29.6 Å². The van der Waals surface area contributed by atoms with Crippen molar-refractivity contribution < 1.29 is 14.3 Å². The van der Waals surface area contributed by atoms with Gasteiger partial charge in [-0.15, -0.1) is 0 Å². The van der Waals surface area contributed by atoms with Crippen LogP contribution in [0, 0.1) is 0 Å².